The number of amides is 1. The first-order valence-corrected chi connectivity index (χ1v) is 8.41. The summed E-state index contributed by atoms with van der Waals surface area (Å²) in [6, 6.07) is 9.03. The highest BCUT2D eigenvalue weighted by molar-refractivity contribution is 6.31. The maximum Gasteiger partial charge on any atom is 0.239 e. The molecular formula is C19H21ClF2N2O. The van der Waals surface area contributed by atoms with Crippen LogP contribution in [0.4, 0.5) is 14.5 Å². The van der Waals surface area contributed by atoms with Crippen LogP contribution in [0.15, 0.2) is 30.3 Å². The van der Waals surface area contributed by atoms with Gasteiger partial charge in [0.25, 0.3) is 0 Å². The topological polar surface area (TPSA) is 41.1 Å². The maximum absolute atomic E-state index is 14.5. The smallest absolute Gasteiger partial charge is 0.239 e. The zero-order valence-corrected chi connectivity index (χ0v) is 15.2. The van der Waals surface area contributed by atoms with Gasteiger partial charge in [0.15, 0.2) is 11.6 Å². The molecule has 0 radical (unpaired) electrons. The number of likely N-dealkylation sites (N-methyl/N-ethyl adjacent to an activating group) is 1. The molecule has 2 aromatic rings. The summed E-state index contributed by atoms with van der Waals surface area (Å²) in [5.41, 5.74) is 1.95. The molecule has 134 valence electrons. The van der Waals surface area contributed by atoms with Gasteiger partial charge in [-0.25, -0.2) is 8.78 Å². The number of halogens is 3. The van der Waals surface area contributed by atoms with Gasteiger partial charge in [0.2, 0.25) is 5.91 Å². The molecule has 0 aliphatic heterocycles. The van der Waals surface area contributed by atoms with E-state index in [-0.39, 0.29) is 35.1 Å². The molecule has 0 saturated carbocycles. The Morgan fingerprint density at radius 3 is 2.56 bits per heavy atom. The highest BCUT2D eigenvalue weighted by Crippen LogP contribution is 2.30. The minimum atomic E-state index is -1.04. The van der Waals surface area contributed by atoms with Gasteiger partial charge in [-0.3, -0.25) is 4.79 Å². The molecule has 0 aliphatic carbocycles. The van der Waals surface area contributed by atoms with Crippen LogP contribution in [0.1, 0.15) is 36.5 Å². The second-order valence-corrected chi connectivity index (χ2v) is 6.52. The summed E-state index contributed by atoms with van der Waals surface area (Å²) in [4.78, 5) is 11.2. The second kappa shape index (κ2) is 8.30. The Hall–Kier alpha value is -2.14. The molecule has 0 spiro atoms. The normalized spacial score (nSPS) is 10.8. The molecule has 0 aromatic heterocycles. The lowest BCUT2D eigenvalue weighted by molar-refractivity contribution is -0.118. The monoisotopic (exact) mass is 366 g/mol. The maximum atomic E-state index is 14.5. The largest absolute Gasteiger partial charge is 0.374 e. The summed E-state index contributed by atoms with van der Waals surface area (Å²) in [6.45, 7) is 3.97. The number of carbonyl (C=O) groups excluding carboxylic acids is 1. The molecule has 2 N–H and O–H groups in total. The van der Waals surface area contributed by atoms with Crippen LogP contribution in [-0.4, -0.2) is 19.5 Å². The van der Waals surface area contributed by atoms with E-state index in [1.54, 1.807) is 0 Å². The van der Waals surface area contributed by atoms with Crippen molar-refractivity contribution in [1.29, 1.82) is 0 Å². The molecule has 3 nitrogen and oxygen atoms in total. The third-order valence-electron chi connectivity index (χ3n) is 3.97. The SMILES string of the molecule is CNC(=O)CNc1cc(Cl)c(Cc2cccc(C(C)C)c2)c(F)c1F. The van der Waals surface area contributed by atoms with Gasteiger partial charge in [-0.1, -0.05) is 49.7 Å². The van der Waals surface area contributed by atoms with Crippen LogP contribution < -0.4 is 10.6 Å². The quantitative estimate of drug-likeness (QED) is 0.739. The minimum Gasteiger partial charge on any atom is -0.374 e. The molecule has 0 aliphatic rings. The van der Waals surface area contributed by atoms with Crippen LogP contribution in [0.3, 0.4) is 0 Å². The Balaban J connectivity index is 2.29. The Morgan fingerprint density at radius 2 is 1.92 bits per heavy atom. The number of carbonyl (C=O) groups is 1. The number of rotatable bonds is 6. The molecule has 2 rings (SSSR count). The molecule has 1 amide bonds. The van der Waals surface area contributed by atoms with E-state index in [1.165, 1.54) is 13.1 Å². The summed E-state index contributed by atoms with van der Waals surface area (Å²) in [5, 5.41) is 5.06. The Bertz CT molecular complexity index is 778. The Morgan fingerprint density at radius 1 is 1.20 bits per heavy atom. The third-order valence-corrected chi connectivity index (χ3v) is 4.31. The molecule has 0 unspecified atom stereocenters. The van der Waals surface area contributed by atoms with Crippen LogP contribution >= 0.6 is 11.6 Å². The molecule has 6 heteroatoms. The van der Waals surface area contributed by atoms with Crippen molar-refractivity contribution in [3.05, 3.63) is 63.7 Å². The summed E-state index contributed by atoms with van der Waals surface area (Å²) in [6.07, 6.45) is 0.192. The van der Waals surface area contributed by atoms with Gasteiger partial charge < -0.3 is 10.6 Å². The van der Waals surface area contributed by atoms with E-state index in [2.05, 4.69) is 24.5 Å². The van der Waals surface area contributed by atoms with Gasteiger partial charge in [0, 0.05) is 24.1 Å². The molecule has 0 atom stereocenters. The van der Waals surface area contributed by atoms with Crippen molar-refractivity contribution >= 4 is 23.2 Å². The molecule has 0 heterocycles. The van der Waals surface area contributed by atoms with Gasteiger partial charge in [-0.05, 0) is 23.1 Å². The Kier molecular flexibility index (Phi) is 6.37. The number of hydrogen-bond acceptors (Lipinski definition) is 2. The summed E-state index contributed by atoms with van der Waals surface area (Å²) in [7, 11) is 1.46. The predicted molar refractivity (Wildman–Crippen MR) is 97.3 cm³/mol. The first-order valence-electron chi connectivity index (χ1n) is 8.03. The highest BCUT2D eigenvalue weighted by Gasteiger charge is 2.18. The predicted octanol–water partition coefficient (Wildman–Crippen LogP) is 4.49. The minimum absolute atomic E-state index is 0.102. The zero-order chi connectivity index (χ0) is 18.6. The van der Waals surface area contributed by atoms with Gasteiger partial charge in [-0.15, -0.1) is 0 Å². The number of benzene rings is 2. The fourth-order valence-corrected chi connectivity index (χ4v) is 2.71. The molecule has 2 aromatic carbocycles. The van der Waals surface area contributed by atoms with Gasteiger partial charge in [-0.2, -0.15) is 0 Å². The standard InChI is InChI=1S/C19H21ClF2N2O/c1-11(2)13-6-4-5-12(7-13)8-14-15(20)9-16(19(22)18(14)21)24-10-17(25)23-3/h4-7,9,11,24H,8,10H2,1-3H3,(H,23,25). The van der Waals surface area contributed by atoms with Crippen molar-refractivity contribution in [1.82, 2.24) is 5.32 Å². The number of anilines is 1. The van der Waals surface area contributed by atoms with E-state index in [1.807, 2.05) is 24.3 Å². The number of hydrogen-bond donors (Lipinski definition) is 2. The van der Waals surface area contributed by atoms with Crippen LogP contribution in [0, 0.1) is 11.6 Å². The fourth-order valence-electron chi connectivity index (χ4n) is 2.45. The lowest BCUT2D eigenvalue weighted by Crippen LogP contribution is -2.26. The lowest BCUT2D eigenvalue weighted by atomic mass is 9.97. The van der Waals surface area contributed by atoms with Crippen LogP contribution in [-0.2, 0) is 11.2 Å². The van der Waals surface area contributed by atoms with Crippen molar-refractivity contribution in [3.63, 3.8) is 0 Å². The van der Waals surface area contributed by atoms with E-state index >= 15 is 0 Å². The summed E-state index contributed by atoms with van der Waals surface area (Å²) >= 11 is 6.16. The summed E-state index contributed by atoms with van der Waals surface area (Å²) < 4.78 is 28.8. The Labute approximate surface area is 151 Å². The van der Waals surface area contributed by atoms with Crippen LogP contribution in [0.2, 0.25) is 5.02 Å². The van der Waals surface area contributed by atoms with Crippen LogP contribution in [0.5, 0.6) is 0 Å². The molecule has 0 saturated heterocycles. The third kappa shape index (κ3) is 4.69. The van der Waals surface area contributed by atoms with Crippen LogP contribution in [0.25, 0.3) is 0 Å². The molecule has 0 bridgehead atoms. The second-order valence-electron chi connectivity index (χ2n) is 6.12. The van der Waals surface area contributed by atoms with E-state index < -0.39 is 11.6 Å². The lowest BCUT2D eigenvalue weighted by Gasteiger charge is -2.13. The van der Waals surface area contributed by atoms with Crippen molar-refractivity contribution in [2.75, 3.05) is 18.9 Å². The fraction of sp³-hybridized carbons (Fsp3) is 0.316. The van der Waals surface area contributed by atoms with Gasteiger partial charge >= 0.3 is 0 Å². The van der Waals surface area contributed by atoms with Crippen molar-refractivity contribution in [2.24, 2.45) is 0 Å². The van der Waals surface area contributed by atoms with Gasteiger partial charge in [0.05, 0.1) is 12.2 Å². The first-order chi connectivity index (χ1) is 11.8. The van der Waals surface area contributed by atoms with Gasteiger partial charge in [0.1, 0.15) is 0 Å². The van der Waals surface area contributed by atoms with Crippen molar-refractivity contribution in [2.45, 2.75) is 26.2 Å². The first kappa shape index (κ1) is 19.2. The van der Waals surface area contributed by atoms with E-state index in [0.717, 1.165) is 11.1 Å². The van der Waals surface area contributed by atoms with E-state index in [0.29, 0.717) is 5.92 Å². The van der Waals surface area contributed by atoms with E-state index in [9.17, 15) is 13.6 Å². The zero-order valence-electron chi connectivity index (χ0n) is 14.4. The average molecular weight is 367 g/mol. The molecular weight excluding hydrogens is 346 g/mol. The van der Waals surface area contributed by atoms with E-state index in [4.69, 9.17) is 11.6 Å². The van der Waals surface area contributed by atoms with Crippen molar-refractivity contribution in [3.8, 4) is 0 Å². The highest BCUT2D eigenvalue weighted by atomic mass is 35.5. The van der Waals surface area contributed by atoms with Crippen molar-refractivity contribution < 1.29 is 13.6 Å². The number of nitrogens with one attached hydrogen (secondary N) is 2. The molecule has 25 heavy (non-hydrogen) atoms. The summed E-state index contributed by atoms with van der Waals surface area (Å²) in [5.74, 6) is -2.04. The average Bonchev–Trinajstić information content (AvgIpc) is 2.60. The molecule has 0 fully saturated rings.